The molecular weight excluding hydrogens is 430 g/mol. The predicted octanol–water partition coefficient (Wildman–Crippen LogP) is 2.55. The molecule has 2 aliphatic rings. The monoisotopic (exact) mass is 453 g/mol. The number of amides is 1. The van der Waals surface area contributed by atoms with Crippen molar-refractivity contribution >= 4 is 23.3 Å². The van der Waals surface area contributed by atoms with Crippen molar-refractivity contribution in [2.75, 3.05) is 32.1 Å². The number of carbonyl (C=O) groups excluding carboxylic acids is 2. The first kappa shape index (κ1) is 22.3. The third-order valence-corrected chi connectivity index (χ3v) is 5.63. The highest BCUT2D eigenvalue weighted by Crippen LogP contribution is 2.33. The van der Waals surface area contributed by atoms with E-state index in [4.69, 9.17) is 9.47 Å². The maximum atomic E-state index is 12.8. The Kier molecular flexibility index (Phi) is 6.27. The van der Waals surface area contributed by atoms with E-state index in [-0.39, 0.29) is 48.1 Å². The van der Waals surface area contributed by atoms with Crippen LogP contribution in [0.2, 0.25) is 0 Å². The van der Waals surface area contributed by atoms with E-state index in [1.54, 1.807) is 0 Å². The van der Waals surface area contributed by atoms with Gasteiger partial charge in [-0.05, 0) is 42.5 Å². The zero-order chi connectivity index (χ0) is 23.5. The summed E-state index contributed by atoms with van der Waals surface area (Å²) in [7, 11) is 1.20. The highest BCUT2D eigenvalue weighted by Gasteiger charge is 2.34. The zero-order valence-corrected chi connectivity index (χ0v) is 18.0. The van der Waals surface area contributed by atoms with Crippen LogP contribution < -0.4 is 10.1 Å². The number of β-amino-alcohol motifs (C(OH)–C–C–N with tert-alkyl or cyclic N) is 1. The molecule has 0 saturated heterocycles. The standard InChI is InChI=1S/C23H23N3O7/c1-32-23(29)20-13-25(7-8-27)22(28)21(20)24-16-10-17(26(30)31)12-19(11-16)33-18-6-5-14-3-2-4-15(14)9-18/h5-6,9-12,24,27H,2-4,7-8,13H2,1H3. The second-order valence-electron chi connectivity index (χ2n) is 7.78. The lowest BCUT2D eigenvalue weighted by molar-refractivity contribution is -0.384. The van der Waals surface area contributed by atoms with E-state index in [0.717, 1.165) is 19.3 Å². The molecule has 0 unspecified atom stereocenters. The Balaban J connectivity index is 1.65. The van der Waals surface area contributed by atoms with Gasteiger partial charge in [0.2, 0.25) is 0 Å². The molecule has 1 amide bonds. The van der Waals surface area contributed by atoms with E-state index in [2.05, 4.69) is 5.32 Å². The van der Waals surface area contributed by atoms with Gasteiger partial charge in [-0.3, -0.25) is 14.9 Å². The third kappa shape index (κ3) is 4.65. The number of nitro groups is 1. The number of aliphatic hydroxyl groups excluding tert-OH is 1. The van der Waals surface area contributed by atoms with Gasteiger partial charge in [0.05, 0.1) is 36.8 Å². The number of esters is 1. The second-order valence-corrected chi connectivity index (χ2v) is 7.78. The highest BCUT2D eigenvalue weighted by atomic mass is 16.6. The van der Waals surface area contributed by atoms with Crippen LogP contribution in [0.1, 0.15) is 17.5 Å². The Bertz CT molecular complexity index is 1160. The number of non-ortho nitro benzene ring substituents is 1. The zero-order valence-electron chi connectivity index (χ0n) is 18.0. The van der Waals surface area contributed by atoms with Gasteiger partial charge in [-0.15, -0.1) is 0 Å². The molecule has 10 nitrogen and oxygen atoms in total. The number of methoxy groups -OCH3 is 1. The second kappa shape index (κ2) is 9.29. The first-order chi connectivity index (χ1) is 15.9. The van der Waals surface area contributed by atoms with Crippen molar-refractivity contribution in [3.8, 4) is 11.5 Å². The largest absolute Gasteiger partial charge is 0.466 e. The van der Waals surface area contributed by atoms with Crippen molar-refractivity contribution < 1.29 is 29.1 Å². The van der Waals surface area contributed by atoms with Gasteiger partial charge in [0.25, 0.3) is 11.6 Å². The summed E-state index contributed by atoms with van der Waals surface area (Å²) in [6.07, 6.45) is 3.08. The number of nitrogens with one attached hydrogen (secondary N) is 1. The van der Waals surface area contributed by atoms with Crippen LogP contribution in [0, 0.1) is 10.1 Å². The number of fused-ring (bicyclic) bond motifs is 1. The Hall–Kier alpha value is -3.92. The average Bonchev–Trinajstić information content (AvgIpc) is 3.38. The average molecular weight is 453 g/mol. The number of nitro benzene ring substituents is 1. The lowest BCUT2D eigenvalue weighted by Crippen LogP contribution is -2.31. The lowest BCUT2D eigenvalue weighted by atomic mass is 10.1. The molecule has 0 radical (unpaired) electrons. The fourth-order valence-corrected chi connectivity index (χ4v) is 4.06. The highest BCUT2D eigenvalue weighted by molar-refractivity contribution is 6.08. The van der Waals surface area contributed by atoms with Gasteiger partial charge in [0.15, 0.2) is 0 Å². The van der Waals surface area contributed by atoms with Crippen LogP contribution in [-0.2, 0) is 27.2 Å². The fraction of sp³-hybridized carbons (Fsp3) is 0.304. The van der Waals surface area contributed by atoms with Crippen LogP contribution in [0.25, 0.3) is 0 Å². The fourth-order valence-electron chi connectivity index (χ4n) is 4.06. The van der Waals surface area contributed by atoms with Crippen molar-refractivity contribution in [3.63, 3.8) is 0 Å². The third-order valence-electron chi connectivity index (χ3n) is 5.63. The van der Waals surface area contributed by atoms with Crippen molar-refractivity contribution in [2.24, 2.45) is 0 Å². The maximum Gasteiger partial charge on any atom is 0.337 e. The van der Waals surface area contributed by atoms with Crippen molar-refractivity contribution in [1.29, 1.82) is 0 Å². The first-order valence-electron chi connectivity index (χ1n) is 10.5. The van der Waals surface area contributed by atoms with Crippen LogP contribution in [0.15, 0.2) is 47.7 Å². The van der Waals surface area contributed by atoms with Crippen LogP contribution in [0.3, 0.4) is 0 Å². The first-order valence-corrected chi connectivity index (χ1v) is 10.5. The molecule has 2 N–H and O–H groups in total. The van der Waals surface area contributed by atoms with E-state index >= 15 is 0 Å². The molecular formula is C23H23N3O7. The number of benzene rings is 2. The normalized spacial score (nSPS) is 15.0. The molecule has 0 aromatic heterocycles. The van der Waals surface area contributed by atoms with Crippen LogP contribution in [0.5, 0.6) is 11.5 Å². The quantitative estimate of drug-likeness (QED) is 0.354. The number of hydrogen-bond acceptors (Lipinski definition) is 8. The van der Waals surface area contributed by atoms with Gasteiger partial charge in [0, 0.05) is 24.4 Å². The molecule has 0 fully saturated rings. The summed E-state index contributed by atoms with van der Waals surface area (Å²) in [6.45, 7) is -0.281. The van der Waals surface area contributed by atoms with Gasteiger partial charge in [-0.25, -0.2) is 4.79 Å². The molecule has 0 spiro atoms. The minimum Gasteiger partial charge on any atom is -0.466 e. The molecule has 0 atom stereocenters. The number of hydrogen-bond donors (Lipinski definition) is 2. The van der Waals surface area contributed by atoms with Crippen molar-refractivity contribution in [1.82, 2.24) is 4.90 Å². The SMILES string of the molecule is COC(=O)C1=C(Nc2cc(Oc3ccc4c(c3)CCC4)cc([N+](=O)[O-])c2)C(=O)N(CCO)C1. The Labute approximate surface area is 189 Å². The maximum absolute atomic E-state index is 12.8. The summed E-state index contributed by atoms with van der Waals surface area (Å²) in [6, 6.07) is 9.81. The van der Waals surface area contributed by atoms with Crippen molar-refractivity contribution in [2.45, 2.75) is 19.3 Å². The van der Waals surface area contributed by atoms with Gasteiger partial charge >= 0.3 is 5.97 Å². The molecule has 1 heterocycles. The molecule has 0 saturated carbocycles. The number of anilines is 1. The van der Waals surface area contributed by atoms with E-state index < -0.39 is 16.8 Å². The number of carbonyl (C=O) groups is 2. The summed E-state index contributed by atoms with van der Waals surface area (Å²) < 4.78 is 10.7. The molecule has 2 aromatic rings. The molecule has 1 aliphatic carbocycles. The Morgan fingerprint density at radius 3 is 2.70 bits per heavy atom. The van der Waals surface area contributed by atoms with E-state index in [0.29, 0.717) is 5.75 Å². The van der Waals surface area contributed by atoms with Crippen molar-refractivity contribution in [3.05, 3.63) is 68.9 Å². The number of aryl methyl sites for hydroxylation is 2. The van der Waals surface area contributed by atoms with E-state index in [1.165, 1.54) is 41.3 Å². The van der Waals surface area contributed by atoms with Gasteiger partial charge in [-0.1, -0.05) is 6.07 Å². The molecule has 2 aromatic carbocycles. The topological polar surface area (TPSA) is 131 Å². The minimum absolute atomic E-state index is 0.0339. The lowest BCUT2D eigenvalue weighted by Gasteiger charge is -2.15. The number of aliphatic hydroxyl groups is 1. The van der Waals surface area contributed by atoms with Crippen LogP contribution >= 0.6 is 0 Å². The number of rotatable bonds is 8. The molecule has 10 heteroatoms. The van der Waals surface area contributed by atoms with Gasteiger partial charge < -0.3 is 24.8 Å². The van der Waals surface area contributed by atoms with E-state index in [1.807, 2.05) is 18.2 Å². The molecule has 0 bridgehead atoms. The Morgan fingerprint density at radius 2 is 1.97 bits per heavy atom. The molecule has 1 aliphatic heterocycles. The molecule has 4 rings (SSSR count). The minimum atomic E-state index is -0.702. The summed E-state index contributed by atoms with van der Waals surface area (Å²) in [5.41, 5.74) is 2.45. The molecule has 172 valence electrons. The summed E-state index contributed by atoms with van der Waals surface area (Å²) in [4.78, 5) is 37.2. The summed E-state index contributed by atoms with van der Waals surface area (Å²) >= 11 is 0. The summed E-state index contributed by atoms with van der Waals surface area (Å²) in [5.74, 6) is -0.450. The predicted molar refractivity (Wildman–Crippen MR) is 118 cm³/mol. The number of ether oxygens (including phenoxy) is 2. The smallest absolute Gasteiger partial charge is 0.337 e. The number of nitrogens with zero attached hydrogens (tertiary/aromatic N) is 2. The summed E-state index contributed by atoms with van der Waals surface area (Å²) in [5, 5.41) is 23.5. The Morgan fingerprint density at radius 1 is 1.18 bits per heavy atom. The molecule has 33 heavy (non-hydrogen) atoms. The van der Waals surface area contributed by atoms with Crippen LogP contribution in [0.4, 0.5) is 11.4 Å². The van der Waals surface area contributed by atoms with E-state index in [9.17, 15) is 24.8 Å². The van der Waals surface area contributed by atoms with Gasteiger partial charge in [0.1, 0.15) is 17.2 Å². The van der Waals surface area contributed by atoms with Crippen LogP contribution in [-0.4, -0.2) is 53.6 Å². The van der Waals surface area contributed by atoms with Gasteiger partial charge in [-0.2, -0.15) is 0 Å².